The standard InChI is InChI=1S/C18H15Cl2N3O4S/c1-11-15(9-21-27-11)18(24)22-13-3-2-4-14(8-13)23-28(25,26)10-12-5-6-16(19)17(20)7-12/h2-9,23H,10H2,1H3,(H,22,24). The molecular weight excluding hydrogens is 425 g/mol. The highest BCUT2D eigenvalue weighted by atomic mass is 35.5. The van der Waals surface area contributed by atoms with Gasteiger partial charge in [-0.3, -0.25) is 9.52 Å². The summed E-state index contributed by atoms with van der Waals surface area (Å²) < 4.78 is 32.2. The second kappa shape index (κ2) is 8.22. The lowest BCUT2D eigenvalue weighted by atomic mass is 10.2. The molecule has 1 heterocycles. The average molecular weight is 440 g/mol. The van der Waals surface area contributed by atoms with Gasteiger partial charge in [0, 0.05) is 5.69 Å². The van der Waals surface area contributed by atoms with Gasteiger partial charge in [-0.05, 0) is 42.8 Å². The van der Waals surface area contributed by atoms with Crippen molar-refractivity contribution in [1.82, 2.24) is 5.16 Å². The SMILES string of the molecule is Cc1oncc1C(=O)Nc1cccc(NS(=O)(=O)Cc2ccc(Cl)c(Cl)c2)c1. The van der Waals surface area contributed by atoms with Crippen LogP contribution in [0.2, 0.25) is 10.0 Å². The van der Waals surface area contributed by atoms with Crippen molar-refractivity contribution in [2.75, 3.05) is 10.0 Å². The molecule has 2 N–H and O–H groups in total. The van der Waals surface area contributed by atoms with Gasteiger partial charge in [-0.15, -0.1) is 0 Å². The number of rotatable bonds is 6. The summed E-state index contributed by atoms with van der Waals surface area (Å²) in [6, 6.07) is 11.0. The van der Waals surface area contributed by atoms with Gasteiger partial charge in [0.2, 0.25) is 10.0 Å². The van der Waals surface area contributed by atoms with Gasteiger partial charge >= 0.3 is 0 Å². The molecule has 28 heavy (non-hydrogen) atoms. The monoisotopic (exact) mass is 439 g/mol. The number of amides is 1. The van der Waals surface area contributed by atoms with Gasteiger partial charge in [0.25, 0.3) is 5.91 Å². The number of halogens is 2. The molecule has 0 unspecified atom stereocenters. The maximum Gasteiger partial charge on any atom is 0.260 e. The van der Waals surface area contributed by atoms with Crippen LogP contribution in [0.4, 0.5) is 11.4 Å². The summed E-state index contributed by atoms with van der Waals surface area (Å²) in [6.45, 7) is 1.62. The van der Waals surface area contributed by atoms with Crippen LogP contribution in [0.3, 0.4) is 0 Å². The minimum absolute atomic E-state index is 0.277. The summed E-state index contributed by atoms with van der Waals surface area (Å²) in [5, 5.41) is 6.86. The van der Waals surface area contributed by atoms with Crippen molar-refractivity contribution in [2.45, 2.75) is 12.7 Å². The van der Waals surface area contributed by atoms with Crippen molar-refractivity contribution in [3.8, 4) is 0 Å². The van der Waals surface area contributed by atoms with Crippen LogP contribution in [0.1, 0.15) is 21.7 Å². The average Bonchev–Trinajstić information content (AvgIpc) is 3.04. The first-order chi connectivity index (χ1) is 13.2. The van der Waals surface area contributed by atoms with E-state index in [-0.39, 0.29) is 10.8 Å². The third-order valence-corrected chi connectivity index (χ3v) is 5.73. The van der Waals surface area contributed by atoms with Gasteiger partial charge in [0.05, 0.1) is 27.7 Å². The molecule has 2 aromatic carbocycles. The van der Waals surface area contributed by atoms with Gasteiger partial charge < -0.3 is 9.84 Å². The molecule has 1 amide bonds. The highest BCUT2D eigenvalue weighted by molar-refractivity contribution is 7.91. The van der Waals surface area contributed by atoms with Crippen molar-refractivity contribution < 1.29 is 17.7 Å². The molecule has 0 spiro atoms. The fraction of sp³-hybridized carbons (Fsp3) is 0.111. The molecule has 1 aromatic heterocycles. The first kappa shape index (κ1) is 20.2. The van der Waals surface area contributed by atoms with E-state index >= 15 is 0 Å². The Labute approximate surface area is 171 Å². The molecule has 3 rings (SSSR count). The summed E-state index contributed by atoms with van der Waals surface area (Å²) in [4.78, 5) is 12.2. The zero-order valence-electron chi connectivity index (χ0n) is 14.6. The van der Waals surface area contributed by atoms with E-state index in [1.54, 1.807) is 31.2 Å². The minimum Gasteiger partial charge on any atom is -0.361 e. The predicted octanol–water partition coefficient (Wildman–Crippen LogP) is 4.48. The Morgan fingerprint density at radius 3 is 2.54 bits per heavy atom. The van der Waals surface area contributed by atoms with Gasteiger partial charge in [-0.1, -0.05) is 40.5 Å². The molecule has 0 bridgehead atoms. The van der Waals surface area contributed by atoms with Crippen LogP contribution in [0.15, 0.2) is 53.2 Å². The Bertz CT molecular complexity index is 1130. The zero-order valence-corrected chi connectivity index (χ0v) is 16.9. The Morgan fingerprint density at radius 1 is 1.11 bits per heavy atom. The lowest BCUT2D eigenvalue weighted by molar-refractivity contribution is 0.102. The lowest BCUT2D eigenvalue weighted by Crippen LogP contribution is -2.16. The topological polar surface area (TPSA) is 101 Å². The summed E-state index contributed by atoms with van der Waals surface area (Å²) in [5.41, 5.74) is 1.51. The van der Waals surface area contributed by atoms with Gasteiger partial charge in [0.15, 0.2) is 0 Å². The van der Waals surface area contributed by atoms with Crippen LogP contribution in [-0.4, -0.2) is 19.5 Å². The number of aryl methyl sites for hydroxylation is 1. The summed E-state index contributed by atoms with van der Waals surface area (Å²) in [5.74, 6) is -0.300. The molecule has 0 aliphatic rings. The third-order valence-electron chi connectivity index (χ3n) is 3.73. The number of sulfonamides is 1. The quantitative estimate of drug-likeness (QED) is 0.589. The number of aromatic nitrogens is 1. The summed E-state index contributed by atoms with van der Waals surface area (Å²) >= 11 is 11.8. The van der Waals surface area contributed by atoms with Crippen LogP contribution in [-0.2, 0) is 15.8 Å². The van der Waals surface area contributed by atoms with Crippen LogP contribution < -0.4 is 10.0 Å². The number of nitrogens with zero attached hydrogens (tertiary/aromatic N) is 1. The molecule has 0 saturated carbocycles. The number of anilines is 2. The van der Waals surface area contributed by atoms with Crippen LogP contribution in [0.25, 0.3) is 0 Å². The van der Waals surface area contributed by atoms with E-state index in [1.165, 1.54) is 24.4 Å². The maximum atomic E-state index is 12.4. The van der Waals surface area contributed by atoms with E-state index < -0.39 is 15.9 Å². The van der Waals surface area contributed by atoms with Crippen LogP contribution in [0.5, 0.6) is 0 Å². The molecule has 146 valence electrons. The molecule has 0 saturated heterocycles. The van der Waals surface area contributed by atoms with E-state index in [2.05, 4.69) is 15.2 Å². The number of carbonyl (C=O) groups excluding carboxylic acids is 1. The number of nitrogens with one attached hydrogen (secondary N) is 2. The number of hydrogen-bond acceptors (Lipinski definition) is 5. The Hall–Kier alpha value is -2.55. The molecule has 0 aliphatic heterocycles. The van der Waals surface area contributed by atoms with Crippen molar-refractivity contribution in [2.24, 2.45) is 0 Å². The molecule has 10 heteroatoms. The summed E-state index contributed by atoms with van der Waals surface area (Å²) in [6.07, 6.45) is 1.31. The van der Waals surface area contributed by atoms with Crippen molar-refractivity contribution in [3.63, 3.8) is 0 Å². The molecule has 0 radical (unpaired) electrons. The summed E-state index contributed by atoms with van der Waals surface area (Å²) in [7, 11) is -3.70. The highest BCUT2D eigenvalue weighted by Gasteiger charge is 2.15. The van der Waals surface area contributed by atoms with Crippen molar-refractivity contribution >= 4 is 50.5 Å². The van der Waals surface area contributed by atoms with Gasteiger partial charge in [0.1, 0.15) is 11.3 Å². The number of hydrogen-bond donors (Lipinski definition) is 2. The fourth-order valence-corrected chi connectivity index (χ4v) is 3.94. The molecule has 0 aliphatic carbocycles. The highest BCUT2D eigenvalue weighted by Crippen LogP contribution is 2.24. The zero-order chi connectivity index (χ0) is 20.3. The van der Waals surface area contributed by atoms with E-state index in [9.17, 15) is 13.2 Å². The van der Waals surface area contributed by atoms with Crippen molar-refractivity contribution in [3.05, 3.63) is 75.6 Å². The lowest BCUT2D eigenvalue weighted by Gasteiger charge is -2.11. The smallest absolute Gasteiger partial charge is 0.260 e. The van der Waals surface area contributed by atoms with Gasteiger partial charge in [-0.2, -0.15) is 0 Å². The van der Waals surface area contributed by atoms with E-state index in [4.69, 9.17) is 27.7 Å². The molecule has 3 aromatic rings. The normalized spacial score (nSPS) is 11.2. The molecular formula is C18H15Cl2N3O4S. The number of carbonyl (C=O) groups is 1. The van der Waals surface area contributed by atoms with Gasteiger partial charge in [-0.25, -0.2) is 8.42 Å². The minimum atomic E-state index is -3.70. The first-order valence-electron chi connectivity index (χ1n) is 8.00. The predicted molar refractivity (Wildman–Crippen MR) is 108 cm³/mol. The van der Waals surface area contributed by atoms with Crippen molar-refractivity contribution in [1.29, 1.82) is 0 Å². The largest absolute Gasteiger partial charge is 0.361 e. The Morgan fingerprint density at radius 2 is 1.86 bits per heavy atom. The first-order valence-corrected chi connectivity index (χ1v) is 10.4. The Balaban J connectivity index is 1.72. The maximum absolute atomic E-state index is 12.4. The molecule has 0 fully saturated rings. The van der Waals surface area contributed by atoms with Crippen LogP contribution >= 0.6 is 23.2 Å². The molecule has 7 nitrogen and oxygen atoms in total. The molecule has 0 atom stereocenters. The van der Waals surface area contributed by atoms with E-state index in [1.807, 2.05) is 0 Å². The Kier molecular flexibility index (Phi) is 5.93. The second-order valence-electron chi connectivity index (χ2n) is 5.94. The fourth-order valence-electron chi connectivity index (χ4n) is 2.44. The van der Waals surface area contributed by atoms with Crippen LogP contribution in [0, 0.1) is 6.92 Å². The van der Waals surface area contributed by atoms with E-state index in [0.717, 1.165) is 0 Å². The second-order valence-corrected chi connectivity index (χ2v) is 8.48. The third kappa shape index (κ3) is 5.03. The number of benzene rings is 2. The van der Waals surface area contributed by atoms with E-state index in [0.29, 0.717) is 33.3 Å².